The van der Waals surface area contributed by atoms with Gasteiger partial charge in [-0.3, -0.25) is 9.89 Å². The van der Waals surface area contributed by atoms with Crippen LogP contribution in [0.25, 0.3) is 16.9 Å². The smallest absolute Gasteiger partial charge is 0.273 e. The van der Waals surface area contributed by atoms with E-state index in [1.807, 2.05) is 6.07 Å². The molecule has 0 spiro atoms. The molecule has 100 valence electrons. The molecule has 1 N–H and O–H groups in total. The minimum absolute atomic E-state index is 0.222. The van der Waals surface area contributed by atoms with E-state index in [2.05, 4.69) is 10.1 Å². The van der Waals surface area contributed by atoms with Crippen molar-refractivity contribution in [2.45, 2.75) is 18.8 Å². The van der Waals surface area contributed by atoms with Crippen molar-refractivity contribution in [3.8, 4) is 11.3 Å². The third kappa shape index (κ3) is 1.74. The fourth-order valence-electron chi connectivity index (χ4n) is 2.42. The fraction of sp³-hybridized carbons (Fsp3) is 0.200. The Kier molecular flexibility index (Phi) is 2.30. The Morgan fingerprint density at radius 1 is 1.25 bits per heavy atom. The minimum Gasteiger partial charge on any atom is -0.293 e. The summed E-state index contributed by atoms with van der Waals surface area (Å²) in [5.41, 5.74) is 2.06. The van der Waals surface area contributed by atoms with Crippen molar-refractivity contribution in [1.29, 1.82) is 0 Å². The van der Waals surface area contributed by atoms with Gasteiger partial charge in [0, 0.05) is 29.3 Å². The van der Waals surface area contributed by atoms with Crippen molar-refractivity contribution < 1.29 is 4.39 Å². The molecule has 1 aliphatic carbocycles. The molecule has 2 heterocycles. The lowest BCUT2D eigenvalue weighted by molar-refractivity contribution is 0.630. The molecule has 0 amide bonds. The van der Waals surface area contributed by atoms with E-state index in [1.54, 1.807) is 18.2 Å². The average Bonchev–Trinajstić information content (AvgIpc) is 3.19. The van der Waals surface area contributed by atoms with Crippen LogP contribution in [0, 0.1) is 5.82 Å². The number of aromatic nitrogens is 3. The van der Waals surface area contributed by atoms with Crippen LogP contribution < -0.4 is 5.56 Å². The third-order valence-corrected chi connectivity index (χ3v) is 3.64. The number of benzene rings is 1. The summed E-state index contributed by atoms with van der Waals surface area (Å²) in [4.78, 5) is 16.5. The highest BCUT2D eigenvalue weighted by molar-refractivity contribution is 5.62. The van der Waals surface area contributed by atoms with Gasteiger partial charge in [0.25, 0.3) is 5.56 Å². The lowest BCUT2D eigenvalue weighted by Crippen LogP contribution is -2.14. The van der Waals surface area contributed by atoms with Crippen LogP contribution in [0.5, 0.6) is 0 Å². The standard InChI is InChI=1S/C15H12FN3O/c16-11-4-2-1-3-10(11)13-8-15(20)19-14(17-13)7-12(18-19)9-5-6-9/h1-4,7-9,18H,5-6H2. The second kappa shape index (κ2) is 4.03. The maximum absolute atomic E-state index is 13.8. The highest BCUT2D eigenvalue weighted by Crippen LogP contribution is 2.39. The highest BCUT2D eigenvalue weighted by atomic mass is 19.1. The summed E-state index contributed by atoms with van der Waals surface area (Å²) in [6.07, 6.45) is 2.28. The Hall–Kier alpha value is -2.43. The number of hydrogen-bond acceptors (Lipinski definition) is 2. The molecule has 0 atom stereocenters. The van der Waals surface area contributed by atoms with E-state index in [1.165, 1.54) is 16.6 Å². The molecule has 1 aromatic carbocycles. The van der Waals surface area contributed by atoms with Crippen LogP contribution in [0.15, 0.2) is 41.2 Å². The van der Waals surface area contributed by atoms with Gasteiger partial charge in [-0.1, -0.05) is 12.1 Å². The Morgan fingerprint density at radius 2 is 2.05 bits per heavy atom. The number of halogens is 1. The van der Waals surface area contributed by atoms with E-state index in [0.717, 1.165) is 18.5 Å². The maximum atomic E-state index is 13.8. The number of rotatable bonds is 2. The van der Waals surface area contributed by atoms with E-state index >= 15 is 0 Å². The Balaban J connectivity index is 1.93. The molecule has 1 saturated carbocycles. The van der Waals surface area contributed by atoms with Crippen LogP contribution in [0.3, 0.4) is 0 Å². The molecular formula is C15H12FN3O. The van der Waals surface area contributed by atoms with Gasteiger partial charge in [0.05, 0.1) is 5.69 Å². The van der Waals surface area contributed by atoms with Crippen LogP contribution in [-0.2, 0) is 0 Å². The lowest BCUT2D eigenvalue weighted by atomic mass is 10.1. The van der Waals surface area contributed by atoms with E-state index in [4.69, 9.17) is 0 Å². The van der Waals surface area contributed by atoms with Gasteiger partial charge in [0.2, 0.25) is 0 Å². The third-order valence-electron chi connectivity index (χ3n) is 3.64. The van der Waals surface area contributed by atoms with Gasteiger partial charge in [-0.05, 0) is 25.0 Å². The van der Waals surface area contributed by atoms with Crippen LogP contribution in [-0.4, -0.2) is 14.6 Å². The molecule has 1 fully saturated rings. The zero-order valence-electron chi connectivity index (χ0n) is 10.6. The topological polar surface area (TPSA) is 50.2 Å². The van der Waals surface area contributed by atoms with Gasteiger partial charge in [-0.2, -0.15) is 0 Å². The Labute approximate surface area is 113 Å². The number of nitrogens with zero attached hydrogens (tertiary/aromatic N) is 2. The monoisotopic (exact) mass is 269 g/mol. The predicted molar refractivity (Wildman–Crippen MR) is 73.2 cm³/mol. The summed E-state index contributed by atoms with van der Waals surface area (Å²) < 4.78 is 15.2. The summed E-state index contributed by atoms with van der Waals surface area (Å²) in [7, 11) is 0. The van der Waals surface area contributed by atoms with Gasteiger partial charge in [0.15, 0.2) is 5.65 Å². The first-order chi connectivity index (χ1) is 9.72. The van der Waals surface area contributed by atoms with Crippen molar-refractivity contribution in [3.63, 3.8) is 0 Å². The van der Waals surface area contributed by atoms with Gasteiger partial charge >= 0.3 is 0 Å². The number of hydrogen-bond donors (Lipinski definition) is 1. The predicted octanol–water partition coefficient (Wildman–Crippen LogP) is 2.71. The first-order valence-electron chi connectivity index (χ1n) is 6.60. The maximum Gasteiger partial charge on any atom is 0.273 e. The van der Waals surface area contributed by atoms with Gasteiger partial charge < -0.3 is 0 Å². The van der Waals surface area contributed by atoms with Crippen LogP contribution in [0.2, 0.25) is 0 Å². The van der Waals surface area contributed by atoms with Gasteiger partial charge in [0.1, 0.15) is 5.82 Å². The van der Waals surface area contributed by atoms with Crippen LogP contribution in [0.4, 0.5) is 4.39 Å². The van der Waals surface area contributed by atoms with E-state index in [9.17, 15) is 9.18 Å². The molecule has 20 heavy (non-hydrogen) atoms. The normalized spacial score (nSPS) is 14.8. The summed E-state index contributed by atoms with van der Waals surface area (Å²) >= 11 is 0. The van der Waals surface area contributed by atoms with Crippen molar-refractivity contribution in [3.05, 3.63) is 58.3 Å². The number of aromatic amines is 1. The lowest BCUT2D eigenvalue weighted by Gasteiger charge is -2.02. The summed E-state index contributed by atoms with van der Waals surface area (Å²) in [6, 6.07) is 9.58. The van der Waals surface area contributed by atoms with Crippen molar-refractivity contribution in [1.82, 2.24) is 14.6 Å². The Morgan fingerprint density at radius 3 is 2.80 bits per heavy atom. The molecule has 0 bridgehead atoms. The second-order valence-electron chi connectivity index (χ2n) is 5.14. The molecule has 4 rings (SSSR count). The van der Waals surface area contributed by atoms with Crippen molar-refractivity contribution in [2.75, 3.05) is 0 Å². The van der Waals surface area contributed by atoms with Crippen LogP contribution in [0.1, 0.15) is 24.5 Å². The summed E-state index contributed by atoms with van der Waals surface area (Å²) in [5.74, 6) is 0.134. The highest BCUT2D eigenvalue weighted by Gasteiger charge is 2.26. The number of nitrogens with one attached hydrogen (secondary N) is 1. The quantitative estimate of drug-likeness (QED) is 0.777. The molecule has 3 aromatic rings. The van der Waals surface area contributed by atoms with E-state index in [0.29, 0.717) is 22.8 Å². The van der Waals surface area contributed by atoms with Crippen molar-refractivity contribution in [2.24, 2.45) is 0 Å². The second-order valence-corrected chi connectivity index (χ2v) is 5.14. The van der Waals surface area contributed by atoms with E-state index < -0.39 is 0 Å². The number of fused-ring (bicyclic) bond motifs is 1. The first-order valence-corrected chi connectivity index (χ1v) is 6.60. The zero-order chi connectivity index (χ0) is 13.7. The summed E-state index contributed by atoms with van der Waals surface area (Å²) in [6.45, 7) is 0. The molecule has 0 aliphatic heterocycles. The Bertz CT molecular complexity index is 861. The SMILES string of the molecule is O=c1cc(-c2ccccc2F)nc2cc(C3CC3)[nH]n12. The largest absolute Gasteiger partial charge is 0.293 e. The molecule has 0 unspecified atom stereocenters. The fourth-order valence-corrected chi connectivity index (χ4v) is 2.42. The zero-order valence-corrected chi connectivity index (χ0v) is 10.6. The first kappa shape index (κ1) is 11.4. The van der Waals surface area contributed by atoms with E-state index in [-0.39, 0.29) is 11.4 Å². The molecule has 0 radical (unpaired) electrons. The average molecular weight is 269 g/mol. The summed E-state index contributed by atoms with van der Waals surface area (Å²) in [5, 5.41) is 3.07. The molecular weight excluding hydrogens is 257 g/mol. The molecule has 5 heteroatoms. The van der Waals surface area contributed by atoms with Gasteiger partial charge in [-0.15, -0.1) is 0 Å². The van der Waals surface area contributed by atoms with Gasteiger partial charge in [-0.25, -0.2) is 13.9 Å². The number of H-pyrrole nitrogens is 1. The van der Waals surface area contributed by atoms with Crippen LogP contribution >= 0.6 is 0 Å². The molecule has 0 saturated heterocycles. The minimum atomic E-state index is -0.373. The molecule has 4 nitrogen and oxygen atoms in total. The van der Waals surface area contributed by atoms with Crippen molar-refractivity contribution >= 4 is 5.65 Å². The molecule has 2 aromatic heterocycles. The molecule has 1 aliphatic rings.